The Balaban J connectivity index is 1.72. The Morgan fingerprint density at radius 2 is 1.76 bits per heavy atom. The molecule has 21 heavy (non-hydrogen) atoms. The minimum atomic E-state index is 0.219. The zero-order chi connectivity index (χ0) is 14.7. The summed E-state index contributed by atoms with van der Waals surface area (Å²) in [6, 6.07) is 10.6. The molecule has 1 aromatic heterocycles. The highest BCUT2D eigenvalue weighted by Gasteiger charge is 2.16. The number of nitrogens with zero attached hydrogens (tertiary/aromatic N) is 1. The van der Waals surface area contributed by atoms with Crippen LogP contribution in [0.25, 0.3) is 0 Å². The largest absolute Gasteiger partial charge is 0.486 e. The lowest BCUT2D eigenvalue weighted by Crippen LogP contribution is -2.23. The van der Waals surface area contributed by atoms with Crippen molar-refractivity contribution in [2.24, 2.45) is 0 Å². The van der Waals surface area contributed by atoms with Crippen molar-refractivity contribution in [3.63, 3.8) is 0 Å². The zero-order valence-corrected chi connectivity index (χ0v) is 12.4. The van der Waals surface area contributed by atoms with Crippen LogP contribution in [-0.4, -0.2) is 18.2 Å². The van der Waals surface area contributed by atoms with Crippen molar-refractivity contribution in [1.82, 2.24) is 10.3 Å². The van der Waals surface area contributed by atoms with Crippen molar-refractivity contribution in [2.45, 2.75) is 25.9 Å². The molecule has 3 rings (SSSR count). The Bertz CT molecular complexity index is 601. The minimum absolute atomic E-state index is 0.219. The molecule has 110 valence electrons. The molecule has 2 aromatic rings. The van der Waals surface area contributed by atoms with Crippen LogP contribution in [0.4, 0.5) is 0 Å². The summed E-state index contributed by atoms with van der Waals surface area (Å²) in [4.78, 5) is 4.17. The van der Waals surface area contributed by atoms with Gasteiger partial charge in [-0.05, 0) is 43.2 Å². The third-order valence-electron chi connectivity index (χ3n) is 3.75. The number of aromatic nitrogens is 1. The molecule has 4 nitrogen and oxygen atoms in total. The number of fused-ring (bicyclic) bond motifs is 1. The molecular formula is C17H20N2O2. The Labute approximate surface area is 125 Å². The lowest BCUT2D eigenvalue weighted by Gasteiger charge is -2.23. The first kappa shape index (κ1) is 13.9. The lowest BCUT2D eigenvalue weighted by molar-refractivity contribution is 0.171. The van der Waals surface area contributed by atoms with Gasteiger partial charge in [0, 0.05) is 24.5 Å². The van der Waals surface area contributed by atoms with Crippen molar-refractivity contribution < 1.29 is 9.47 Å². The highest BCUT2D eigenvalue weighted by atomic mass is 16.6. The second-order valence-electron chi connectivity index (χ2n) is 5.30. The number of nitrogens with one attached hydrogen (secondary N) is 1. The van der Waals surface area contributed by atoms with Crippen molar-refractivity contribution in [1.29, 1.82) is 0 Å². The van der Waals surface area contributed by atoms with E-state index >= 15 is 0 Å². The van der Waals surface area contributed by atoms with Gasteiger partial charge in [0.25, 0.3) is 0 Å². The van der Waals surface area contributed by atoms with E-state index in [4.69, 9.17) is 9.47 Å². The molecule has 1 unspecified atom stereocenters. The Morgan fingerprint density at radius 3 is 2.52 bits per heavy atom. The SMILES string of the molecule is CC(N[C@@H](C)c1cccnc1)c1ccc2c(c1)OCCO2. The second-order valence-corrected chi connectivity index (χ2v) is 5.30. The standard InChI is InChI=1S/C17H20N2O2/c1-12(19-13(2)15-4-3-7-18-11-15)14-5-6-16-17(10-14)21-9-8-20-16/h3-7,10-13,19H,8-9H2,1-2H3/t12?,13-/m0/s1. The van der Waals surface area contributed by atoms with E-state index in [9.17, 15) is 0 Å². The van der Waals surface area contributed by atoms with Crippen molar-refractivity contribution >= 4 is 0 Å². The summed E-state index contributed by atoms with van der Waals surface area (Å²) in [7, 11) is 0. The molecule has 0 radical (unpaired) electrons. The summed E-state index contributed by atoms with van der Waals surface area (Å²) in [5.41, 5.74) is 2.37. The summed E-state index contributed by atoms with van der Waals surface area (Å²) in [5.74, 6) is 1.67. The molecule has 0 saturated carbocycles. The Kier molecular flexibility index (Phi) is 4.06. The minimum Gasteiger partial charge on any atom is -0.486 e. The van der Waals surface area contributed by atoms with Gasteiger partial charge in [-0.15, -0.1) is 0 Å². The third kappa shape index (κ3) is 3.16. The van der Waals surface area contributed by atoms with E-state index in [0.29, 0.717) is 13.2 Å². The van der Waals surface area contributed by atoms with Crippen LogP contribution in [0.1, 0.15) is 37.1 Å². The maximum atomic E-state index is 5.64. The molecule has 2 atom stereocenters. The van der Waals surface area contributed by atoms with Crippen molar-refractivity contribution in [3.8, 4) is 11.5 Å². The van der Waals surface area contributed by atoms with Gasteiger partial charge in [-0.2, -0.15) is 0 Å². The van der Waals surface area contributed by atoms with Gasteiger partial charge in [-0.1, -0.05) is 12.1 Å². The summed E-state index contributed by atoms with van der Waals surface area (Å²) in [5, 5.41) is 3.58. The van der Waals surface area contributed by atoms with Gasteiger partial charge >= 0.3 is 0 Å². The smallest absolute Gasteiger partial charge is 0.161 e. The lowest BCUT2D eigenvalue weighted by atomic mass is 10.0. The zero-order valence-electron chi connectivity index (χ0n) is 12.4. The number of hydrogen-bond acceptors (Lipinski definition) is 4. The maximum Gasteiger partial charge on any atom is 0.161 e. The van der Waals surface area contributed by atoms with E-state index in [1.807, 2.05) is 18.3 Å². The van der Waals surface area contributed by atoms with E-state index in [0.717, 1.165) is 11.5 Å². The molecule has 1 aliphatic heterocycles. The normalized spacial score (nSPS) is 16.3. The summed E-state index contributed by atoms with van der Waals surface area (Å²) in [6.07, 6.45) is 3.69. The molecule has 0 spiro atoms. The summed E-state index contributed by atoms with van der Waals surface area (Å²) < 4.78 is 11.2. The van der Waals surface area contributed by atoms with Crippen LogP contribution in [-0.2, 0) is 0 Å². The van der Waals surface area contributed by atoms with Gasteiger partial charge in [0.1, 0.15) is 13.2 Å². The quantitative estimate of drug-likeness (QED) is 0.936. The van der Waals surface area contributed by atoms with Crippen LogP contribution < -0.4 is 14.8 Å². The van der Waals surface area contributed by atoms with Gasteiger partial charge in [0.15, 0.2) is 11.5 Å². The highest BCUT2D eigenvalue weighted by Crippen LogP contribution is 2.33. The molecular weight excluding hydrogens is 264 g/mol. The molecule has 0 amide bonds. The predicted molar refractivity (Wildman–Crippen MR) is 81.6 cm³/mol. The summed E-state index contributed by atoms with van der Waals surface area (Å²) in [6.45, 7) is 5.53. The average Bonchev–Trinajstić information content (AvgIpc) is 2.55. The molecule has 0 aliphatic carbocycles. The fourth-order valence-corrected chi connectivity index (χ4v) is 2.53. The topological polar surface area (TPSA) is 43.4 Å². The van der Waals surface area contributed by atoms with Crippen LogP contribution in [0.5, 0.6) is 11.5 Å². The van der Waals surface area contributed by atoms with Crippen molar-refractivity contribution in [3.05, 3.63) is 53.9 Å². The first-order valence-corrected chi connectivity index (χ1v) is 7.29. The number of hydrogen-bond donors (Lipinski definition) is 1. The molecule has 1 N–H and O–H groups in total. The Hall–Kier alpha value is -2.07. The molecule has 0 bridgehead atoms. The van der Waals surface area contributed by atoms with Crippen LogP contribution in [0, 0.1) is 0 Å². The van der Waals surface area contributed by atoms with Crippen LogP contribution in [0.2, 0.25) is 0 Å². The third-order valence-corrected chi connectivity index (χ3v) is 3.75. The van der Waals surface area contributed by atoms with E-state index in [1.165, 1.54) is 11.1 Å². The molecule has 1 aliphatic rings. The molecule has 1 aromatic carbocycles. The summed E-state index contributed by atoms with van der Waals surface area (Å²) >= 11 is 0. The maximum absolute atomic E-state index is 5.64. The molecule has 0 saturated heterocycles. The van der Waals surface area contributed by atoms with Crippen LogP contribution in [0.15, 0.2) is 42.7 Å². The number of benzene rings is 1. The number of pyridine rings is 1. The first-order valence-electron chi connectivity index (χ1n) is 7.29. The van der Waals surface area contributed by atoms with Crippen LogP contribution in [0.3, 0.4) is 0 Å². The van der Waals surface area contributed by atoms with Crippen LogP contribution >= 0.6 is 0 Å². The van der Waals surface area contributed by atoms with E-state index in [-0.39, 0.29) is 12.1 Å². The second kappa shape index (κ2) is 6.14. The number of rotatable bonds is 4. The van der Waals surface area contributed by atoms with Gasteiger partial charge in [-0.25, -0.2) is 0 Å². The van der Waals surface area contributed by atoms with Gasteiger partial charge in [0.05, 0.1) is 0 Å². The Morgan fingerprint density at radius 1 is 1.00 bits per heavy atom. The van der Waals surface area contributed by atoms with Gasteiger partial charge in [0.2, 0.25) is 0 Å². The van der Waals surface area contributed by atoms with Gasteiger partial charge in [-0.3, -0.25) is 4.98 Å². The van der Waals surface area contributed by atoms with E-state index in [2.05, 4.69) is 42.3 Å². The molecule has 4 heteroatoms. The fourth-order valence-electron chi connectivity index (χ4n) is 2.53. The number of ether oxygens (including phenoxy) is 2. The highest BCUT2D eigenvalue weighted by molar-refractivity contribution is 5.44. The van der Waals surface area contributed by atoms with E-state index < -0.39 is 0 Å². The monoisotopic (exact) mass is 284 g/mol. The first-order chi connectivity index (χ1) is 10.2. The molecule has 0 fully saturated rings. The molecule has 2 heterocycles. The average molecular weight is 284 g/mol. The van der Waals surface area contributed by atoms with E-state index in [1.54, 1.807) is 6.20 Å². The van der Waals surface area contributed by atoms with Crippen molar-refractivity contribution in [2.75, 3.05) is 13.2 Å². The predicted octanol–water partition coefficient (Wildman–Crippen LogP) is 3.26. The fraction of sp³-hybridized carbons (Fsp3) is 0.353. The van der Waals surface area contributed by atoms with Gasteiger partial charge < -0.3 is 14.8 Å².